The van der Waals surface area contributed by atoms with Gasteiger partial charge in [-0.05, 0) is 18.1 Å². The van der Waals surface area contributed by atoms with E-state index in [1.54, 1.807) is 0 Å². The van der Waals surface area contributed by atoms with Crippen LogP contribution in [0.4, 0.5) is 4.39 Å². The molecular formula is C16H27FN2O6Si. The Hall–Kier alpha value is -1.33. The lowest BCUT2D eigenvalue weighted by atomic mass is 9.99. The summed E-state index contributed by atoms with van der Waals surface area (Å²) in [7, 11) is -2.28. The van der Waals surface area contributed by atoms with Crippen LogP contribution in [0.15, 0.2) is 15.8 Å². The van der Waals surface area contributed by atoms with E-state index in [2.05, 4.69) is 0 Å². The SMILES string of the molecule is CC(C)(C)[Si](C)(C)O[C@H]1C[C@H](n2cc(F)c(=O)[nH]c2=O)OC1(CO)CO. The minimum atomic E-state index is -2.28. The second-order valence-corrected chi connectivity index (χ2v) is 13.0. The van der Waals surface area contributed by atoms with E-state index in [4.69, 9.17) is 9.16 Å². The Bertz CT molecular complexity index is 765. The predicted molar refractivity (Wildman–Crippen MR) is 95.0 cm³/mol. The van der Waals surface area contributed by atoms with Gasteiger partial charge in [0.05, 0.1) is 25.5 Å². The molecule has 0 radical (unpaired) electrons. The van der Waals surface area contributed by atoms with E-state index in [0.717, 1.165) is 10.8 Å². The third kappa shape index (κ3) is 3.69. The van der Waals surface area contributed by atoms with Gasteiger partial charge < -0.3 is 19.4 Å². The van der Waals surface area contributed by atoms with Crippen molar-refractivity contribution in [3.63, 3.8) is 0 Å². The van der Waals surface area contributed by atoms with E-state index in [0.29, 0.717) is 0 Å². The van der Waals surface area contributed by atoms with Crippen LogP contribution in [-0.4, -0.2) is 53.0 Å². The standard InChI is InChI=1S/C16H27FN2O6Si/c1-15(2,3)26(4,5)25-11-6-12(24-16(11,8-20)9-21)19-7-10(17)13(22)18-14(19)23/h7,11-12,20-21H,6,8-9H2,1-5H3,(H,18,22,23)/t11-,12+/m0/s1. The minimum absolute atomic E-state index is 0.122. The number of aliphatic hydroxyl groups excluding tert-OH is 2. The molecule has 10 heteroatoms. The molecule has 1 aromatic rings. The summed E-state index contributed by atoms with van der Waals surface area (Å²) in [5, 5.41) is 19.6. The van der Waals surface area contributed by atoms with E-state index in [1.165, 1.54) is 0 Å². The molecule has 2 atom stereocenters. The summed E-state index contributed by atoms with van der Waals surface area (Å²) in [4.78, 5) is 25.1. The summed E-state index contributed by atoms with van der Waals surface area (Å²) >= 11 is 0. The van der Waals surface area contributed by atoms with Gasteiger partial charge in [-0.3, -0.25) is 14.3 Å². The Labute approximate surface area is 151 Å². The van der Waals surface area contributed by atoms with Crippen LogP contribution < -0.4 is 11.2 Å². The average molecular weight is 390 g/mol. The predicted octanol–water partition coefficient (Wildman–Crippen LogP) is 0.708. The van der Waals surface area contributed by atoms with Crippen LogP contribution in [0.1, 0.15) is 33.4 Å². The zero-order valence-electron chi connectivity index (χ0n) is 15.7. The van der Waals surface area contributed by atoms with Crippen LogP contribution >= 0.6 is 0 Å². The summed E-state index contributed by atoms with van der Waals surface area (Å²) in [6.45, 7) is 9.13. The molecule has 0 saturated carbocycles. The zero-order valence-corrected chi connectivity index (χ0v) is 16.7. The molecule has 0 amide bonds. The Morgan fingerprint density at radius 3 is 2.46 bits per heavy atom. The largest absolute Gasteiger partial charge is 0.411 e. The van der Waals surface area contributed by atoms with Gasteiger partial charge in [0.1, 0.15) is 11.8 Å². The number of aromatic amines is 1. The Balaban J connectivity index is 2.40. The molecule has 0 spiro atoms. The van der Waals surface area contributed by atoms with Crippen LogP contribution in [0, 0.1) is 5.82 Å². The number of aromatic nitrogens is 2. The van der Waals surface area contributed by atoms with Gasteiger partial charge in [-0.1, -0.05) is 20.8 Å². The molecule has 1 aliphatic heterocycles. The van der Waals surface area contributed by atoms with Crippen molar-refractivity contribution in [2.75, 3.05) is 13.2 Å². The summed E-state index contributed by atoms with van der Waals surface area (Å²) < 4.78 is 26.6. The molecule has 0 aromatic carbocycles. The first-order valence-electron chi connectivity index (χ1n) is 8.45. The number of rotatable bonds is 5. The monoisotopic (exact) mass is 390 g/mol. The van der Waals surface area contributed by atoms with Gasteiger partial charge in [0.15, 0.2) is 8.32 Å². The van der Waals surface area contributed by atoms with Gasteiger partial charge in [-0.2, -0.15) is 4.39 Å². The quantitative estimate of drug-likeness (QED) is 0.638. The lowest BCUT2D eigenvalue weighted by Gasteiger charge is -2.42. The highest BCUT2D eigenvalue weighted by Gasteiger charge is 2.53. The van der Waals surface area contributed by atoms with Crippen LogP contribution in [0.2, 0.25) is 18.1 Å². The molecule has 2 rings (SSSR count). The maximum Gasteiger partial charge on any atom is 0.330 e. The van der Waals surface area contributed by atoms with Gasteiger partial charge in [0, 0.05) is 6.42 Å². The molecule has 0 bridgehead atoms. The van der Waals surface area contributed by atoms with Gasteiger partial charge >= 0.3 is 5.69 Å². The molecule has 3 N–H and O–H groups in total. The van der Waals surface area contributed by atoms with E-state index < -0.39 is 56.5 Å². The molecular weight excluding hydrogens is 363 g/mol. The minimum Gasteiger partial charge on any atom is -0.411 e. The molecule has 1 aromatic heterocycles. The molecule has 26 heavy (non-hydrogen) atoms. The number of ether oxygens (including phenoxy) is 1. The smallest absolute Gasteiger partial charge is 0.330 e. The maximum atomic E-state index is 13.6. The summed E-state index contributed by atoms with van der Waals surface area (Å²) in [6, 6.07) is 0. The van der Waals surface area contributed by atoms with E-state index in [1.807, 2.05) is 38.8 Å². The Morgan fingerprint density at radius 2 is 1.96 bits per heavy atom. The van der Waals surface area contributed by atoms with Crippen LogP contribution in [-0.2, 0) is 9.16 Å². The third-order valence-electron chi connectivity index (χ3n) is 5.39. The first-order valence-corrected chi connectivity index (χ1v) is 11.4. The van der Waals surface area contributed by atoms with Crippen LogP contribution in [0.25, 0.3) is 0 Å². The normalized spacial score (nSPS) is 23.4. The van der Waals surface area contributed by atoms with Crippen molar-refractivity contribution in [3.8, 4) is 0 Å². The second kappa shape index (κ2) is 7.00. The Kier molecular flexibility index (Phi) is 5.65. The average Bonchev–Trinajstić information content (AvgIpc) is 2.88. The Morgan fingerprint density at radius 1 is 1.38 bits per heavy atom. The van der Waals surface area contributed by atoms with Crippen molar-refractivity contribution in [2.24, 2.45) is 0 Å². The highest BCUT2D eigenvalue weighted by molar-refractivity contribution is 6.74. The topological polar surface area (TPSA) is 114 Å². The molecule has 148 valence electrons. The van der Waals surface area contributed by atoms with Crippen molar-refractivity contribution < 1.29 is 23.8 Å². The van der Waals surface area contributed by atoms with Crippen LogP contribution in [0.5, 0.6) is 0 Å². The van der Waals surface area contributed by atoms with Gasteiger partial charge in [-0.25, -0.2) is 4.79 Å². The van der Waals surface area contributed by atoms with Crippen molar-refractivity contribution in [2.45, 2.75) is 63.3 Å². The van der Waals surface area contributed by atoms with E-state index in [9.17, 15) is 24.2 Å². The fourth-order valence-electron chi connectivity index (χ4n) is 2.65. The molecule has 0 aliphatic carbocycles. The van der Waals surface area contributed by atoms with E-state index >= 15 is 0 Å². The number of H-pyrrole nitrogens is 1. The lowest BCUT2D eigenvalue weighted by Crippen LogP contribution is -2.54. The fourth-order valence-corrected chi connectivity index (χ4v) is 4.03. The maximum absolute atomic E-state index is 13.6. The van der Waals surface area contributed by atoms with Crippen molar-refractivity contribution >= 4 is 8.32 Å². The van der Waals surface area contributed by atoms with Gasteiger partial charge in [0.25, 0.3) is 5.56 Å². The molecule has 1 fully saturated rings. The van der Waals surface area contributed by atoms with Crippen molar-refractivity contribution in [1.82, 2.24) is 9.55 Å². The third-order valence-corrected chi connectivity index (χ3v) is 9.87. The number of nitrogens with zero attached hydrogens (tertiary/aromatic N) is 1. The molecule has 1 saturated heterocycles. The lowest BCUT2D eigenvalue weighted by molar-refractivity contribution is -0.148. The molecule has 2 heterocycles. The zero-order chi connectivity index (χ0) is 19.9. The van der Waals surface area contributed by atoms with Crippen molar-refractivity contribution in [1.29, 1.82) is 0 Å². The molecule has 0 unspecified atom stereocenters. The second-order valence-electron chi connectivity index (χ2n) is 8.20. The van der Waals surface area contributed by atoms with Crippen LogP contribution in [0.3, 0.4) is 0 Å². The van der Waals surface area contributed by atoms with Gasteiger partial charge in [-0.15, -0.1) is 0 Å². The number of hydrogen-bond donors (Lipinski definition) is 3. The summed E-state index contributed by atoms with van der Waals surface area (Å²) in [5.41, 5.74) is -3.38. The first-order chi connectivity index (χ1) is 11.9. The number of aliphatic hydroxyl groups is 2. The number of nitrogens with one attached hydrogen (secondary N) is 1. The molecule has 8 nitrogen and oxygen atoms in total. The molecule has 1 aliphatic rings. The number of halogens is 1. The van der Waals surface area contributed by atoms with E-state index in [-0.39, 0.29) is 11.5 Å². The van der Waals surface area contributed by atoms with Crippen molar-refractivity contribution in [3.05, 3.63) is 32.9 Å². The van der Waals surface area contributed by atoms with Gasteiger partial charge in [0.2, 0.25) is 5.82 Å². The summed E-state index contributed by atoms with van der Waals surface area (Å²) in [6.07, 6.45) is -0.785. The summed E-state index contributed by atoms with van der Waals surface area (Å²) in [5.74, 6) is -1.12. The number of hydrogen-bond acceptors (Lipinski definition) is 6. The highest BCUT2D eigenvalue weighted by atomic mass is 28.4. The highest BCUT2D eigenvalue weighted by Crippen LogP contribution is 2.44. The first kappa shape index (κ1) is 21.0. The fraction of sp³-hybridized carbons (Fsp3) is 0.750.